The largest absolute Gasteiger partial charge is 0.367 e. The lowest BCUT2D eigenvalue weighted by atomic mass is 10.1. The third-order valence-electron chi connectivity index (χ3n) is 2.08. The van der Waals surface area contributed by atoms with E-state index in [0.29, 0.717) is 17.0 Å². The topological polar surface area (TPSA) is 84.7 Å². The first kappa shape index (κ1) is 9.45. The number of nitrogens with zero attached hydrogens (tertiary/aromatic N) is 1. The molecule has 0 atom stereocenters. The van der Waals surface area contributed by atoms with Crippen molar-refractivity contribution in [3.05, 3.63) is 27.3 Å². The van der Waals surface area contributed by atoms with Crippen LogP contribution in [-0.2, 0) is 9.63 Å². The van der Waals surface area contributed by atoms with Gasteiger partial charge in [-0.05, 0) is 19.9 Å². The molecule has 0 spiro atoms. The van der Waals surface area contributed by atoms with Crippen LogP contribution >= 0.6 is 0 Å². The van der Waals surface area contributed by atoms with Crippen LogP contribution in [0.5, 0.6) is 0 Å². The predicted octanol–water partition coefficient (Wildman–Crippen LogP) is 0.592. The molecule has 6 nitrogen and oxygen atoms in total. The van der Waals surface area contributed by atoms with Crippen LogP contribution in [0.15, 0.2) is 20.0 Å². The number of rotatable bonds is 1. The van der Waals surface area contributed by atoms with Crippen LogP contribution in [0.3, 0.4) is 0 Å². The summed E-state index contributed by atoms with van der Waals surface area (Å²) in [6, 6.07) is 0. The van der Waals surface area contributed by atoms with E-state index < -0.39 is 11.6 Å². The predicted molar refractivity (Wildman–Crippen MR) is 51.2 cm³/mol. The molecule has 0 saturated carbocycles. The second-order valence-corrected chi connectivity index (χ2v) is 3.14. The van der Waals surface area contributed by atoms with Crippen molar-refractivity contribution in [1.82, 2.24) is 5.16 Å². The van der Waals surface area contributed by atoms with Gasteiger partial charge in [-0.15, -0.1) is 0 Å². The van der Waals surface area contributed by atoms with E-state index in [0.717, 1.165) is 0 Å². The Morgan fingerprint density at radius 2 is 2.07 bits per heavy atom. The van der Waals surface area contributed by atoms with Crippen LogP contribution in [0, 0.1) is 6.92 Å². The number of aryl methyl sites for hydroxylation is 1. The maximum atomic E-state index is 11.2. The van der Waals surface area contributed by atoms with Crippen molar-refractivity contribution in [2.24, 2.45) is 5.16 Å². The first-order valence-corrected chi connectivity index (χ1v) is 4.25. The van der Waals surface area contributed by atoms with Gasteiger partial charge in [0.2, 0.25) is 0 Å². The lowest BCUT2D eigenvalue weighted by Crippen LogP contribution is -2.05. The molecule has 1 aromatic heterocycles. The summed E-state index contributed by atoms with van der Waals surface area (Å²) in [5, 5.41) is 5.91. The fourth-order valence-corrected chi connectivity index (χ4v) is 1.22. The number of carbonyl (C=O) groups excluding carboxylic acids is 1. The number of aromatic amines is 1. The number of aromatic nitrogens is 1. The van der Waals surface area contributed by atoms with Crippen LogP contribution in [0.25, 0.3) is 6.08 Å². The Labute approximate surface area is 84.2 Å². The second kappa shape index (κ2) is 3.23. The van der Waals surface area contributed by atoms with Crippen molar-refractivity contribution in [3.63, 3.8) is 0 Å². The van der Waals surface area contributed by atoms with Crippen LogP contribution < -0.4 is 5.63 Å². The minimum Gasteiger partial charge on any atom is -0.338 e. The summed E-state index contributed by atoms with van der Waals surface area (Å²) in [7, 11) is 0. The van der Waals surface area contributed by atoms with Crippen LogP contribution in [0.2, 0.25) is 0 Å². The molecule has 0 unspecified atom stereocenters. The Morgan fingerprint density at radius 1 is 1.33 bits per heavy atom. The third kappa shape index (κ3) is 1.50. The molecule has 0 aromatic carbocycles. The Bertz CT molecular complexity index is 533. The van der Waals surface area contributed by atoms with Crippen molar-refractivity contribution in [3.8, 4) is 0 Å². The number of oxime groups is 1. The van der Waals surface area contributed by atoms with E-state index in [1.165, 1.54) is 6.08 Å². The molecule has 1 aliphatic rings. The molecular formula is C9H8N2O4. The lowest BCUT2D eigenvalue weighted by Gasteiger charge is -1.90. The van der Waals surface area contributed by atoms with E-state index in [1.54, 1.807) is 13.8 Å². The van der Waals surface area contributed by atoms with Crippen LogP contribution in [0.4, 0.5) is 0 Å². The monoisotopic (exact) mass is 208 g/mol. The smallest absolute Gasteiger partial charge is 0.338 e. The van der Waals surface area contributed by atoms with Crippen LogP contribution in [-0.4, -0.2) is 16.8 Å². The number of H-pyrrole nitrogens is 1. The summed E-state index contributed by atoms with van der Waals surface area (Å²) < 4.78 is 4.56. The summed E-state index contributed by atoms with van der Waals surface area (Å²) in [6.45, 7) is 3.30. The first-order valence-electron chi connectivity index (χ1n) is 4.25. The van der Waals surface area contributed by atoms with Gasteiger partial charge in [0.15, 0.2) is 0 Å². The van der Waals surface area contributed by atoms with Crippen molar-refractivity contribution in [2.75, 3.05) is 0 Å². The standard InChI is InChI=1S/C9H8N2O4/c1-4-6(8(12)14-10-4)3-7-5(2)11-15-9(7)13/h3,10H,1-2H3. The molecule has 1 aliphatic heterocycles. The summed E-state index contributed by atoms with van der Waals surface area (Å²) in [5.74, 6) is -0.563. The first-order chi connectivity index (χ1) is 7.09. The molecule has 6 heteroatoms. The van der Waals surface area contributed by atoms with Gasteiger partial charge in [-0.2, -0.15) is 0 Å². The minimum absolute atomic E-state index is 0.269. The van der Waals surface area contributed by atoms with Crippen LogP contribution in [0.1, 0.15) is 18.2 Å². The minimum atomic E-state index is -0.563. The normalized spacial score (nSPS) is 18.1. The fourth-order valence-electron chi connectivity index (χ4n) is 1.22. The molecule has 1 N–H and O–H groups in total. The fraction of sp³-hybridized carbons (Fsp3) is 0.222. The maximum absolute atomic E-state index is 11.2. The van der Waals surface area contributed by atoms with Gasteiger partial charge in [0.1, 0.15) is 0 Å². The van der Waals surface area contributed by atoms with E-state index >= 15 is 0 Å². The van der Waals surface area contributed by atoms with Gasteiger partial charge in [-0.1, -0.05) is 5.16 Å². The summed E-state index contributed by atoms with van der Waals surface area (Å²) in [4.78, 5) is 26.8. The quantitative estimate of drug-likeness (QED) is 0.540. The Hall–Kier alpha value is -2.11. The van der Waals surface area contributed by atoms with E-state index in [4.69, 9.17) is 0 Å². The van der Waals surface area contributed by atoms with Gasteiger partial charge >= 0.3 is 11.6 Å². The molecule has 0 aliphatic carbocycles. The van der Waals surface area contributed by atoms with Gasteiger partial charge in [0, 0.05) is 0 Å². The Balaban J connectivity index is 2.51. The summed E-state index contributed by atoms with van der Waals surface area (Å²) in [5.41, 5.74) is 1.05. The molecule has 0 amide bonds. The molecule has 15 heavy (non-hydrogen) atoms. The van der Waals surface area contributed by atoms with E-state index in [2.05, 4.69) is 19.7 Å². The highest BCUT2D eigenvalue weighted by atomic mass is 16.7. The van der Waals surface area contributed by atoms with E-state index in [-0.39, 0.29) is 5.57 Å². The molecule has 0 radical (unpaired) electrons. The average Bonchev–Trinajstić information content (AvgIpc) is 2.67. The van der Waals surface area contributed by atoms with Crippen molar-refractivity contribution in [2.45, 2.75) is 13.8 Å². The molecule has 1 aromatic rings. The lowest BCUT2D eigenvalue weighted by molar-refractivity contribution is -0.136. The van der Waals surface area contributed by atoms with E-state index in [9.17, 15) is 9.59 Å². The molecule has 2 rings (SSSR count). The third-order valence-corrected chi connectivity index (χ3v) is 2.08. The van der Waals surface area contributed by atoms with Gasteiger partial charge in [0.25, 0.3) is 0 Å². The van der Waals surface area contributed by atoms with Gasteiger partial charge in [-0.25, -0.2) is 14.7 Å². The summed E-state index contributed by atoms with van der Waals surface area (Å²) >= 11 is 0. The van der Waals surface area contributed by atoms with Crippen molar-refractivity contribution in [1.29, 1.82) is 0 Å². The Kier molecular flexibility index (Phi) is 2.03. The Morgan fingerprint density at radius 3 is 2.53 bits per heavy atom. The summed E-state index contributed by atoms with van der Waals surface area (Å²) in [6.07, 6.45) is 1.41. The molecular weight excluding hydrogens is 200 g/mol. The van der Waals surface area contributed by atoms with Gasteiger partial charge in [0.05, 0.1) is 22.5 Å². The molecule has 2 heterocycles. The van der Waals surface area contributed by atoms with Crippen molar-refractivity contribution < 1.29 is 14.2 Å². The highest BCUT2D eigenvalue weighted by Gasteiger charge is 2.23. The zero-order chi connectivity index (χ0) is 11.0. The number of hydrogen-bond acceptors (Lipinski definition) is 5. The molecule has 0 saturated heterocycles. The number of hydrogen-bond donors (Lipinski definition) is 1. The van der Waals surface area contributed by atoms with Gasteiger partial charge < -0.3 is 9.36 Å². The zero-order valence-corrected chi connectivity index (χ0v) is 8.16. The highest BCUT2D eigenvalue weighted by molar-refractivity contribution is 6.24. The van der Waals surface area contributed by atoms with Crippen molar-refractivity contribution >= 4 is 17.8 Å². The van der Waals surface area contributed by atoms with Gasteiger partial charge in [-0.3, -0.25) is 0 Å². The number of nitrogens with one attached hydrogen (secondary N) is 1. The molecule has 0 bridgehead atoms. The second-order valence-electron chi connectivity index (χ2n) is 3.14. The maximum Gasteiger partial charge on any atom is 0.367 e. The highest BCUT2D eigenvalue weighted by Crippen LogP contribution is 2.14. The molecule has 78 valence electrons. The average molecular weight is 208 g/mol. The van der Waals surface area contributed by atoms with E-state index in [1.807, 2.05) is 0 Å². The zero-order valence-electron chi connectivity index (χ0n) is 8.16. The number of carbonyl (C=O) groups is 1. The SMILES string of the molecule is CC1=NOC(=O)C1=Cc1c(C)[nH]oc1=O. The molecule has 0 fully saturated rings.